The van der Waals surface area contributed by atoms with Crippen LogP contribution in [0.3, 0.4) is 0 Å². The van der Waals surface area contributed by atoms with Gasteiger partial charge in [0.15, 0.2) is 6.61 Å². The minimum absolute atomic E-state index is 0.142. The molecular weight excluding hydrogens is 246 g/mol. The average molecular weight is 259 g/mol. The Bertz CT molecular complexity index is 528. The lowest BCUT2D eigenvalue weighted by molar-refractivity contribution is -0.131. The molecule has 98 valence electrons. The second-order valence-corrected chi connectivity index (χ2v) is 3.48. The number of aliphatic carboxylic acids is 1. The molecule has 0 unspecified atom stereocenters. The maximum Gasteiger partial charge on any atom is 0.328 e. The Labute approximate surface area is 110 Å². The van der Waals surface area contributed by atoms with Gasteiger partial charge in [0.25, 0.3) is 5.91 Å². The second-order valence-electron chi connectivity index (χ2n) is 3.48. The lowest BCUT2D eigenvalue weighted by atomic mass is 10.2. The number of carbonyl (C=O) groups excluding carboxylic acids is 1. The van der Waals surface area contributed by atoms with E-state index in [1.54, 1.807) is 24.3 Å². The van der Waals surface area contributed by atoms with E-state index in [4.69, 9.17) is 16.3 Å². The third-order valence-electron chi connectivity index (χ3n) is 2.07. The summed E-state index contributed by atoms with van der Waals surface area (Å²) in [6, 6.07) is 6.81. The lowest BCUT2D eigenvalue weighted by Crippen LogP contribution is -2.29. The van der Waals surface area contributed by atoms with E-state index in [1.807, 2.05) is 0 Å². The summed E-state index contributed by atoms with van der Waals surface area (Å²) in [5.41, 5.74) is 0.578. The molecular formula is C14H13NO4. The van der Waals surface area contributed by atoms with Crippen molar-refractivity contribution in [2.45, 2.75) is 0 Å². The zero-order chi connectivity index (χ0) is 14.1. The van der Waals surface area contributed by atoms with Crippen molar-refractivity contribution in [1.82, 2.24) is 5.32 Å². The molecule has 1 aromatic carbocycles. The van der Waals surface area contributed by atoms with Crippen LogP contribution in [0.5, 0.6) is 5.75 Å². The van der Waals surface area contributed by atoms with Gasteiger partial charge in [-0.05, 0) is 12.1 Å². The van der Waals surface area contributed by atoms with Gasteiger partial charge in [0.05, 0.1) is 6.54 Å². The van der Waals surface area contributed by atoms with Gasteiger partial charge in [0, 0.05) is 11.6 Å². The Balaban J connectivity index is 2.66. The van der Waals surface area contributed by atoms with Crippen molar-refractivity contribution in [2.24, 2.45) is 0 Å². The van der Waals surface area contributed by atoms with E-state index < -0.39 is 5.97 Å². The van der Waals surface area contributed by atoms with Gasteiger partial charge in [-0.15, -0.1) is 6.42 Å². The number of hydrogen-bond donors (Lipinski definition) is 2. The quantitative estimate of drug-likeness (QED) is 0.588. The maximum atomic E-state index is 11.3. The van der Waals surface area contributed by atoms with E-state index in [0.29, 0.717) is 11.3 Å². The summed E-state index contributed by atoms with van der Waals surface area (Å²) < 4.78 is 5.30. The molecule has 0 saturated carbocycles. The number of carboxylic acid groups (broad SMARTS) is 1. The highest BCUT2D eigenvalue weighted by molar-refractivity contribution is 5.86. The summed E-state index contributed by atoms with van der Waals surface area (Å²) in [7, 11) is 0. The molecule has 0 aromatic heterocycles. The molecule has 0 heterocycles. The minimum Gasteiger partial charge on any atom is -0.483 e. The third kappa shape index (κ3) is 5.41. The highest BCUT2D eigenvalue weighted by atomic mass is 16.5. The fourth-order valence-corrected chi connectivity index (χ4v) is 1.25. The first kappa shape index (κ1) is 14.3. The summed E-state index contributed by atoms with van der Waals surface area (Å²) in [6.45, 7) is -0.0393. The number of terminal acetylenes is 1. The van der Waals surface area contributed by atoms with Crippen LogP contribution in [0.1, 0.15) is 5.56 Å². The fraction of sp³-hybridized carbons (Fsp3) is 0.143. The number of amides is 1. The number of carbonyl (C=O) groups is 2. The summed E-state index contributed by atoms with van der Waals surface area (Å²) in [6.07, 6.45) is 7.41. The van der Waals surface area contributed by atoms with Crippen LogP contribution in [0.2, 0.25) is 0 Å². The number of para-hydroxylation sites is 1. The molecule has 0 radical (unpaired) electrons. The molecule has 5 heteroatoms. The molecule has 0 fully saturated rings. The van der Waals surface area contributed by atoms with Crippen LogP contribution in [-0.4, -0.2) is 30.1 Å². The molecule has 1 aromatic rings. The van der Waals surface area contributed by atoms with Crippen LogP contribution in [0, 0.1) is 12.3 Å². The van der Waals surface area contributed by atoms with Gasteiger partial charge in [0.1, 0.15) is 5.75 Å². The fourth-order valence-electron chi connectivity index (χ4n) is 1.25. The van der Waals surface area contributed by atoms with Crippen LogP contribution in [-0.2, 0) is 9.59 Å². The zero-order valence-corrected chi connectivity index (χ0v) is 10.1. The first-order valence-corrected chi connectivity index (χ1v) is 5.46. The summed E-state index contributed by atoms with van der Waals surface area (Å²) in [5.74, 6) is 1.31. The van der Waals surface area contributed by atoms with E-state index in [0.717, 1.165) is 6.08 Å². The van der Waals surface area contributed by atoms with Gasteiger partial charge in [-0.3, -0.25) is 4.79 Å². The Hall–Kier alpha value is -2.74. The number of benzene rings is 1. The number of carboxylic acids is 1. The summed E-state index contributed by atoms with van der Waals surface area (Å²) >= 11 is 0. The van der Waals surface area contributed by atoms with Crippen LogP contribution >= 0.6 is 0 Å². The van der Waals surface area contributed by atoms with Gasteiger partial charge < -0.3 is 15.2 Å². The molecule has 1 amide bonds. The standard InChI is InChI=1S/C14H13NO4/c1-2-9-15-13(16)10-19-12-6-4-3-5-11(12)7-8-14(17)18/h1,3-8H,9-10H2,(H,15,16)(H,17,18)/b8-7+. The Morgan fingerprint density at radius 1 is 1.42 bits per heavy atom. The van der Waals surface area contributed by atoms with Gasteiger partial charge in [-0.25, -0.2) is 4.79 Å². The SMILES string of the molecule is C#CCNC(=O)COc1ccccc1/C=C/C(=O)O. The van der Waals surface area contributed by atoms with Gasteiger partial charge in [-0.1, -0.05) is 24.1 Å². The van der Waals surface area contributed by atoms with E-state index in [1.165, 1.54) is 6.08 Å². The smallest absolute Gasteiger partial charge is 0.328 e. The van der Waals surface area contributed by atoms with Gasteiger partial charge >= 0.3 is 5.97 Å². The Kier molecular flexibility index (Phi) is 5.70. The predicted octanol–water partition coefficient (Wildman–Crippen LogP) is 0.913. The van der Waals surface area contributed by atoms with Crippen LogP contribution in [0.25, 0.3) is 6.08 Å². The van der Waals surface area contributed by atoms with Gasteiger partial charge in [0.2, 0.25) is 0 Å². The second kappa shape index (κ2) is 7.56. The zero-order valence-electron chi connectivity index (χ0n) is 10.1. The van der Waals surface area contributed by atoms with Crippen molar-refractivity contribution in [2.75, 3.05) is 13.2 Å². The Morgan fingerprint density at radius 3 is 2.84 bits per heavy atom. The van der Waals surface area contributed by atoms with Crippen molar-refractivity contribution in [1.29, 1.82) is 0 Å². The van der Waals surface area contributed by atoms with E-state index >= 15 is 0 Å². The molecule has 0 aliphatic rings. The number of hydrogen-bond acceptors (Lipinski definition) is 3. The van der Waals surface area contributed by atoms with Gasteiger partial charge in [-0.2, -0.15) is 0 Å². The highest BCUT2D eigenvalue weighted by Gasteiger charge is 2.04. The van der Waals surface area contributed by atoms with Crippen LogP contribution in [0.4, 0.5) is 0 Å². The van der Waals surface area contributed by atoms with Crippen molar-refractivity contribution < 1.29 is 19.4 Å². The highest BCUT2D eigenvalue weighted by Crippen LogP contribution is 2.19. The molecule has 2 N–H and O–H groups in total. The molecule has 5 nitrogen and oxygen atoms in total. The molecule has 0 aliphatic heterocycles. The molecule has 0 aliphatic carbocycles. The monoisotopic (exact) mass is 259 g/mol. The molecule has 0 spiro atoms. The summed E-state index contributed by atoms with van der Waals surface area (Å²) in [5, 5.41) is 11.0. The number of nitrogens with one attached hydrogen (secondary N) is 1. The van der Waals surface area contributed by atoms with Crippen LogP contribution < -0.4 is 10.1 Å². The van der Waals surface area contributed by atoms with E-state index in [-0.39, 0.29) is 19.1 Å². The first-order chi connectivity index (χ1) is 9.13. The van der Waals surface area contributed by atoms with E-state index in [2.05, 4.69) is 11.2 Å². The molecule has 0 saturated heterocycles. The number of rotatable bonds is 6. The molecule has 0 bridgehead atoms. The molecule has 19 heavy (non-hydrogen) atoms. The minimum atomic E-state index is -1.05. The Morgan fingerprint density at radius 2 is 2.16 bits per heavy atom. The predicted molar refractivity (Wildman–Crippen MR) is 70.4 cm³/mol. The summed E-state index contributed by atoms with van der Waals surface area (Å²) in [4.78, 5) is 21.8. The van der Waals surface area contributed by atoms with Crippen molar-refractivity contribution in [3.05, 3.63) is 35.9 Å². The maximum absolute atomic E-state index is 11.3. The normalized spacial score (nSPS) is 9.84. The first-order valence-electron chi connectivity index (χ1n) is 5.46. The van der Waals surface area contributed by atoms with Crippen molar-refractivity contribution in [3.63, 3.8) is 0 Å². The third-order valence-corrected chi connectivity index (χ3v) is 2.07. The lowest BCUT2D eigenvalue weighted by Gasteiger charge is -2.08. The molecule has 1 rings (SSSR count). The van der Waals surface area contributed by atoms with Crippen LogP contribution in [0.15, 0.2) is 30.3 Å². The van der Waals surface area contributed by atoms with Crippen molar-refractivity contribution >= 4 is 18.0 Å². The molecule has 0 atom stereocenters. The average Bonchev–Trinajstić information content (AvgIpc) is 2.41. The largest absolute Gasteiger partial charge is 0.483 e. The number of ether oxygens (including phenoxy) is 1. The van der Waals surface area contributed by atoms with Crippen molar-refractivity contribution in [3.8, 4) is 18.1 Å². The van der Waals surface area contributed by atoms with E-state index in [9.17, 15) is 9.59 Å². The topological polar surface area (TPSA) is 75.6 Å².